The summed E-state index contributed by atoms with van der Waals surface area (Å²) in [5, 5.41) is 16.8. The molecule has 0 heterocycles. The van der Waals surface area contributed by atoms with Crippen molar-refractivity contribution in [2.24, 2.45) is 0 Å². The zero-order chi connectivity index (χ0) is 11.1. The molecule has 0 fully saturated rings. The Morgan fingerprint density at radius 2 is 2.38 bits per heavy atom. The number of hydrogen-bond acceptors (Lipinski definition) is 2. The molecule has 0 aliphatic rings. The minimum Gasteiger partial charge on any atom is -1.00 e. The van der Waals surface area contributed by atoms with Gasteiger partial charge in [0.05, 0.1) is 2.74 Å². The fraction of sp³-hybridized carbons (Fsp3) is 0.750. The second-order valence-electron chi connectivity index (χ2n) is 0.667. The van der Waals surface area contributed by atoms with Gasteiger partial charge in [0.2, 0.25) is 0 Å². The Kier molecular flexibility index (Phi) is 2.80. The molecule has 0 aliphatic carbocycles. The molecule has 0 spiro atoms. The summed E-state index contributed by atoms with van der Waals surface area (Å²) in [5.74, 6) is -2.17. The number of aliphatic hydroxyl groups is 1. The van der Waals surface area contributed by atoms with Crippen molar-refractivity contribution in [3.8, 4) is 0 Å². The molecule has 44 valence electrons. The van der Waals surface area contributed by atoms with Gasteiger partial charge in [0.1, 0.15) is 0 Å². The van der Waals surface area contributed by atoms with Gasteiger partial charge >= 0.3 is 35.5 Å². The van der Waals surface area contributed by atoms with E-state index in [2.05, 4.69) is 0 Å². The molecule has 0 bridgehead atoms. The van der Waals surface area contributed by atoms with Crippen LogP contribution < -0.4 is 29.6 Å². The molecule has 0 aromatic carbocycles. The van der Waals surface area contributed by atoms with Crippen molar-refractivity contribution in [3.05, 3.63) is 0 Å². The first-order valence-corrected chi connectivity index (χ1v) is 1.40. The van der Waals surface area contributed by atoms with Gasteiger partial charge in [-0.15, -0.1) is 0 Å². The van der Waals surface area contributed by atoms with Crippen LogP contribution >= 0.6 is 0 Å². The largest absolute Gasteiger partial charge is 1.00 e. The normalized spacial score (nSPS) is 24.1. The predicted molar refractivity (Wildman–Crippen MR) is 25.1 cm³/mol. The van der Waals surface area contributed by atoms with Crippen LogP contribution in [0.5, 0.6) is 0 Å². The molecule has 0 saturated heterocycles. The Balaban J connectivity index is -0.000000720. The first kappa shape index (κ1) is 3.01. The Labute approximate surface area is 79.9 Å². The smallest absolute Gasteiger partial charge is 1.00 e. The quantitative estimate of drug-likeness (QED) is 0.403. The molecule has 0 rings (SSSR count). The van der Waals surface area contributed by atoms with Crippen LogP contribution in [0, 0.1) is 0 Å². The van der Waals surface area contributed by atoms with Gasteiger partial charge in [0, 0.05) is 18.4 Å². The molecule has 0 atom stereocenters. The zero-order valence-electron chi connectivity index (χ0n) is 11.3. The van der Waals surface area contributed by atoms with Gasteiger partial charge in [-0.05, 0) is 6.37 Å². The third-order valence-corrected chi connectivity index (χ3v) is 0.225. The SMILES string of the molecule is [2H]C([2H])(O)C([2H])([2H])C([2H])([2H])C(=O)O.[H-].[Na+]. The topological polar surface area (TPSA) is 57.5 Å². The summed E-state index contributed by atoms with van der Waals surface area (Å²) >= 11 is 0. The van der Waals surface area contributed by atoms with Gasteiger partial charge in [-0.25, -0.2) is 0 Å². The first-order valence-electron chi connectivity index (χ1n) is 4.40. The van der Waals surface area contributed by atoms with Crippen LogP contribution in [0.15, 0.2) is 0 Å². The molecule has 3 nitrogen and oxygen atoms in total. The van der Waals surface area contributed by atoms with Crippen molar-refractivity contribution in [2.75, 3.05) is 6.56 Å². The molecular formula is C4H9NaO3. The summed E-state index contributed by atoms with van der Waals surface area (Å²) in [4.78, 5) is 10.2. The average molecular weight is 134 g/mol. The molecule has 0 aromatic rings. The maximum absolute atomic E-state index is 10.2. The zero-order valence-corrected chi connectivity index (χ0v) is 6.30. The van der Waals surface area contributed by atoms with E-state index in [1.54, 1.807) is 0 Å². The third-order valence-electron chi connectivity index (χ3n) is 0.225. The van der Waals surface area contributed by atoms with E-state index in [0.29, 0.717) is 0 Å². The van der Waals surface area contributed by atoms with E-state index in [1.807, 2.05) is 0 Å². The molecular weight excluding hydrogens is 119 g/mol. The van der Waals surface area contributed by atoms with Gasteiger partial charge in [-0.1, -0.05) is 0 Å². The van der Waals surface area contributed by atoms with Crippen molar-refractivity contribution in [1.82, 2.24) is 0 Å². The number of rotatable bonds is 3. The molecule has 0 aliphatic heterocycles. The van der Waals surface area contributed by atoms with Crippen LogP contribution in [0.25, 0.3) is 0 Å². The molecule has 0 aromatic heterocycles. The average Bonchev–Trinajstić information content (AvgIpc) is 1.84. The van der Waals surface area contributed by atoms with Crippen LogP contribution in [0.4, 0.5) is 0 Å². The first-order chi connectivity index (χ1) is 5.44. The van der Waals surface area contributed by atoms with Crippen molar-refractivity contribution < 1.29 is 54.2 Å². The summed E-state index contributed by atoms with van der Waals surface area (Å²) in [7, 11) is 0. The molecule has 0 saturated carbocycles. The predicted octanol–water partition coefficient (Wildman–Crippen LogP) is -3.04. The molecule has 8 heavy (non-hydrogen) atoms. The Morgan fingerprint density at radius 3 is 2.50 bits per heavy atom. The van der Waals surface area contributed by atoms with Crippen LogP contribution in [-0.4, -0.2) is 22.7 Å². The number of carboxylic acids is 1. The van der Waals surface area contributed by atoms with E-state index in [9.17, 15) is 4.79 Å². The van der Waals surface area contributed by atoms with E-state index in [4.69, 9.17) is 18.4 Å². The summed E-state index contributed by atoms with van der Waals surface area (Å²) in [6.07, 6.45) is -7.02. The minimum absolute atomic E-state index is 0. The molecule has 0 unspecified atom stereocenters. The van der Waals surface area contributed by atoms with Crippen LogP contribution in [0.2, 0.25) is 0 Å². The fourth-order valence-electron chi connectivity index (χ4n) is 0.0814. The summed E-state index contributed by atoms with van der Waals surface area (Å²) in [5.41, 5.74) is 0. The Bertz CT molecular complexity index is 225. The van der Waals surface area contributed by atoms with E-state index in [-0.39, 0.29) is 31.0 Å². The number of aliphatic carboxylic acids is 1. The van der Waals surface area contributed by atoms with Crippen molar-refractivity contribution in [2.45, 2.75) is 12.7 Å². The second-order valence-corrected chi connectivity index (χ2v) is 0.667. The summed E-state index contributed by atoms with van der Waals surface area (Å²) in [6, 6.07) is 0. The van der Waals surface area contributed by atoms with Gasteiger partial charge in [0.15, 0.2) is 0 Å². The van der Waals surface area contributed by atoms with Gasteiger partial charge in [-0.3, -0.25) is 4.79 Å². The van der Waals surface area contributed by atoms with E-state index >= 15 is 0 Å². The summed E-state index contributed by atoms with van der Waals surface area (Å²) in [6.45, 7) is -3.56. The van der Waals surface area contributed by atoms with Gasteiger partial charge in [-0.2, -0.15) is 0 Å². The van der Waals surface area contributed by atoms with Gasteiger partial charge in [0.25, 0.3) is 0 Å². The minimum atomic E-state index is -3.56. The maximum Gasteiger partial charge on any atom is 1.00 e. The second kappa shape index (κ2) is 7.43. The molecule has 0 amide bonds. The molecule has 0 radical (unpaired) electrons. The van der Waals surface area contributed by atoms with Crippen LogP contribution in [0.1, 0.15) is 22.4 Å². The maximum atomic E-state index is 10.2. The third kappa shape index (κ3) is 9.66. The Morgan fingerprint density at radius 1 is 1.88 bits per heavy atom. The van der Waals surface area contributed by atoms with Crippen molar-refractivity contribution >= 4 is 5.97 Å². The summed E-state index contributed by atoms with van der Waals surface area (Å²) < 4.78 is 40.1. The molecule has 4 heteroatoms. The van der Waals surface area contributed by atoms with Crippen molar-refractivity contribution in [1.29, 1.82) is 0 Å². The van der Waals surface area contributed by atoms with Gasteiger partial charge < -0.3 is 11.6 Å². The fourth-order valence-corrected chi connectivity index (χ4v) is 0.0814. The molecule has 2 N–H and O–H groups in total. The van der Waals surface area contributed by atoms with E-state index in [0.717, 1.165) is 0 Å². The Hall–Kier alpha value is 0.430. The standard InChI is InChI=1S/C4H8O3.Na.H/c5-3-1-2-4(6)7;;/h5H,1-3H2,(H,6,7);;/q;+1;-1/i1D2,2D2,3D2;;. The van der Waals surface area contributed by atoms with E-state index in [1.165, 1.54) is 0 Å². The number of hydrogen-bond donors (Lipinski definition) is 2. The van der Waals surface area contributed by atoms with Crippen LogP contribution in [-0.2, 0) is 4.79 Å². The van der Waals surface area contributed by atoms with Crippen LogP contribution in [0.3, 0.4) is 0 Å². The number of carbonyl (C=O) groups is 1. The number of carboxylic acid groups (broad SMARTS) is 1. The monoisotopic (exact) mass is 134 g/mol. The van der Waals surface area contributed by atoms with E-state index < -0.39 is 25.3 Å². The van der Waals surface area contributed by atoms with Crippen molar-refractivity contribution in [3.63, 3.8) is 0 Å².